The molecule has 0 spiro atoms. The van der Waals surface area contributed by atoms with E-state index in [9.17, 15) is 9.59 Å². The first-order valence-corrected chi connectivity index (χ1v) is 6.38. The van der Waals surface area contributed by atoms with Gasteiger partial charge in [-0.25, -0.2) is 0 Å². The van der Waals surface area contributed by atoms with Crippen molar-refractivity contribution in [3.05, 3.63) is 35.9 Å². The van der Waals surface area contributed by atoms with Gasteiger partial charge in [0.25, 0.3) is 0 Å². The van der Waals surface area contributed by atoms with E-state index in [2.05, 4.69) is 5.32 Å². The number of rotatable bonds is 3. The van der Waals surface area contributed by atoms with Crippen LogP contribution in [-0.4, -0.2) is 35.3 Å². The van der Waals surface area contributed by atoms with Crippen LogP contribution >= 0.6 is 0 Å². The smallest absolute Gasteiger partial charge is 0.246 e. The fraction of sp³-hybridized carbons (Fsp3) is 0.429. The molecule has 0 unspecified atom stereocenters. The average Bonchev–Trinajstić information content (AvgIpc) is 3.19. The van der Waals surface area contributed by atoms with Crippen molar-refractivity contribution < 1.29 is 9.59 Å². The molecular weight excluding hydrogens is 228 g/mol. The Hall–Kier alpha value is -1.84. The summed E-state index contributed by atoms with van der Waals surface area (Å²) in [5.41, 5.74) is 1.08. The molecule has 4 nitrogen and oxygen atoms in total. The molecule has 2 aliphatic rings. The van der Waals surface area contributed by atoms with E-state index in [1.807, 2.05) is 30.3 Å². The second-order valence-electron chi connectivity index (χ2n) is 5.01. The van der Waals surface area contributed by atoms with E-state index in [1.54, 1.807) is 4.90 Å². The van der Waals surface area contributed by atoms with Gasteiger partial charge in [0.1, 0.15) is 6.04 Å². The Kier molecular flexibility index (Phi) is 2.78. The number of carbonyl (C=O) groups excluding carboxylic acids is 2. The minimum absolute atomic E-state index is 0.0394. The van der Waals surface area contributed by atoms with E-state index in [0.29, 0.717) is 12.5 Å². The van der Waals surface area contributed by atoms with Gasteiger partial charge in [-0.2, -0.15) is 0 Å². The van der Waals surface area contributed by atoms with Gasteiger partial charge in [0, 0.05) is 12.5 Å². The third-order valence-corrected chi connectivity index (χ3v) is 3.50. The molecule has 94 valence electrons. The summed E-state index contributed by atoms with van der Waals surface area (Å²) in [5.74, 6) is 0.0309. The van der Waals surface area contributed by atoms with Crippen LogP contribution in [0, 0.1) is 0 Å². The van der Waals surface area contributed by atoms with E-state index < -0.39 is 6.04 Å². The number of nitrogens with one attached hydrogen (secondary N) is 1. The first-order chi connectivity index (χ1) is 8.74. The fourth-order valence-electron chi connectivity index (χ4n) is 2.42. The van der Waals surface area contributed by atoms with Gasteiger partial charge in [0.15, 0.2) is 0 Å². The highest BCUT2D eigenvalue weighted by Crippen LogP contribution is 2.28. The summed E-state index contributed by atoms with van der Waals surface area (Å²) >= 11 is 0. The lowest BCUT2D eigenvalue weighted by molar-refractivity contribution is -0.144. The molecule has 0 aromatic heterocycles. The Labute approximate surface area is 106 Å². The zero-order valence-electron chi connectivity index (χ0n) is 10.1. The fourth-order valence-corrected chi connectivity index (χ4v) is 2.42. The minimum atomic E-state index is -0.394. The van der Waals surface area contributed by atoms with Crippen molar-refractivity contribution in [3.63, 3.8) is 0 Å². The predicted octanol–water partition coefficient (Wildman–Crippen LogP) is 0.718. The lowest BCUT2D eigenvalue weighted by atomic mass is 10.0. The van der Waals surface area contributed by atoms with Crippen LogP contribution in [0.25, 0.3) is 0 Å². The summed E-state index contributed by atoms with van der Waals surface area (Å²) < 4.78 is 0. The van der Waals surface area contributed by atoms with Gasteiger partial charge >= 0.3 is 0 Å². The third kappa shape index (κ3) is 2.23. The maximum absolute atomic E-state index is 12.3. The highest BCUT2D eigenvalue weighted by atomic mass is 16.2. The largest absolute Gasteiger partial charge is 0.342 e. The van der Waals surface area contributed by atoms with Crippen molar-refractivity contribution in [2.24, 2.45) is 0 Å². The van der Waals surface area contributed by atoms with Crippen LogP contribution in [0.2, 0.25) is 0 Å². The molecule has 1 heterocycles. The lowest BCUT2D eigenvalue weighted by Gasteiger charge is -2.32. The standard InChI is InChI=1S/C14H16N2O2/c17-13-9-16(11-6-7-11)14(18)12(15-13)8-10-4-2-1-3-5-10/h1-5,11-12H,6-9H2,(H,15,17)/t12-/m1/s1. The van der Waals surface area contributed by atoms with E-state index >= 15 is 0 Å². The highest BCUT2D eigenvalue weighted by molar-refractivity contribution is 5.95. The van der Waals surface area contributed by atoms with Gasteiger partial charge in [-0.1, -0.05) is 30.3 Å². The Morgan fingerprint density at radius 2 is 1.89 bits per heavy atom. The molecule has 3 rings (SSSR count). The van der Waals surface area contributed by atoms with E-state index in [4.69, 9.17) is 0 Å². The van der Waals surface area contributed by atoms with Crippen molar-refractivity contribution in [2.75, 3.05) is 6.54 Å². The number of piperazine rings is 1. The van der Waals surface area contributed by atoms with Crippen molar-refractivity contribution >= 4 is 11.8 Å². The topological polar surface area (TPSA) is 49.4 Å². The molecule has 1 saturated heterocycles. The monoisotopic (exact) mass is 244 g/mol. The Bertz CT molecular complexity index is 468. The molecule has 1 aliphatic carbocycles. The molecule has 1 N–H and O–H groups in total. The second-order valence-corrected chi connectivity index (χ2v) is 5.01. The summed E-state index contributed by atoms with van der Waals surface area (Å²) in [5, 5.41) is 2.80. The molecule has 1 aromatic rings. The van der Waals surface area contributed by atoms with Crippen LogP contribution in [0.5, 0.6) is 0 Å². The summed E-state index contributed by atoms with van der Waals surface area (Å²) in [6, 6.07) is 9.72. The number of nitrogens with zero attached hydrogens (tertiary/aromatic N) is 1. The maximum Gasteiger partial charge on any atom is 0.246 e. The zero-order valence-corrected chi connectivity index (χ0v) is 10.1. The number of benzene rings is 1. The molecule has 4 heteroatoms. The van der Waals surface area contributed by atoms with Crippen molar-refractivity contribution in [3.8, 4) is 0 Å². The maximum atomic E-state index is 12.3. The lowest BCUT2D eigenvalue weighted by Crippen LogP contribution is -2.59. The molecule has 0 bridgehead atoms. The summed E-state index contributed by atoms with van der Waals surface area (Å²) in [6.45, 7) is 0.231. The molecule has 0 radical (unpaired) electrons. The molecule has 1 aliphatic heterocycles. The molecule has 1 saturated carbocycles. The Morgan fingerprint density at radius 1 is 1.17 bits per heavy atom. The number of hydrogen-bond donors (Lipinski definition) is 1. The van der Waals surface area contributed by atoms with Crippen LogP contribution < -0.4 is 5.32 Å². The molecule has 1 atom stereocenters. The number of amides is 2. The first kappa shape index (κ1) is 11.3. The van der Waals surface area contributed by atoms with E-state index in [1.165, 1.54) is 0 Å². The molecule has 2 fully saturated rings. The Balaban J connectivity index is 1.74. The van der Waals surface area contributed by atoms with Crippen LogP contribution in [-0.2, 0) is 16.0 Å². The third-order valence-electron chi connectivity index (χ3n) is 3.50. The molecule has 18 heavy (non-hydrogen) atoms. The van der Waals surface area contributed by atoms with Gasteiger partial charge in [-0.05, 0) is 18.4 Å². The van der Waals surface area contributed by atoms with Gasteiger partial charge in [-0.15, -0.1) is 0 Å². The second kappa shape index (κ2) is 4.44. The average molecular weight is 244 g/mol. The van der Waals surface area contributed by atoms with Gasteiger partial charge < -0.3 is 10.2 Å². The van der Waals surface area contributed by atoms with Gasteiger partial charge in [0.2, 0.25) is 11.8 Å². The van der Waals surface area contributed by atoms with Crippen molar-refractivity contribution in [1.82, 2.24) is 10.2 Å². The minimum Gasteiger partial charge on any atom is -0.342 e. The van der Waals surface area contributed by atoms with Crippen LogP contribution in [0.15, 0.2) is 30.3 Å². The van der Waals surface area contributed by atoms with E-state index in [0.717, 1.165) is 18.4 Å². The van der Waals surface area contributed by atoms with E-state index in [-0.39, 0.29) is 18.4 Å². The first-order valence-electron chi connectivity index (χ1n) is 6.38. The summed E-state index contributed by atoms with van der Waals surface area (Å²) in [4.78, 5) is 25.7. The normalized spacial score (nSPS) is 24.0. The van der Waals surface area contributed by atoms with Crippen LogP contribution in [0.3, 0.4) is 0 Å². The molecule has 1 aromatic carbocycles. The van der Waals surface area contributed by atoms with Crippen molar-refractivity contribution in [1.29, 1.82) is 0 Å². The summed E-state index contributed by atoms with van der Waals surface area (Å²) in [7, 11) is 0. The molecular formula is C14H16N2O2. The molecule has 2 amide bonds. The van der Waals surface area contributed by atoms with Gasteiger partial charge in [0.05, 0.1) is 6.54 Å². The number of hydrogen-bond acceptors (Lipinski definition) is 2. The summed E-state index contributed by atoms with van der Waals surface area (Å²) in [6.07, 6.45) is 2.66. The van der Waals surface area contributed by atoms with Crippen molar-refractivity contribution in [2.45, 2.75) is 31.3 Å². The SMILES string of the molecule is O=C1CN(C2CC2)C(=O)[C@@H](Cc2ccccc2)N1. The Morgan fingerprint density at radius 3 is 2.56 bits per heavy atom. The number of carbonyl (C=O) groups is 2. The quantitative estimate of drug-likeness (QED) is 0.851. The zero-order chi connectivity index (χ0) is 12.5. The van der Waals surface area contributed by atoms with Crippen LogP contribution in [0.4, 0.5) is 0 Å². The van der Waals surface area contributed by atoms with Gasteiger partial charge in [-0.3, -0.25) is 9.59 Å². The predicted molar refractivity (Wildman–Crippen MR) is 66.8 cm³/mol. The highest BCUT2D eigenvalue weighted by Gasteiger charge is 2.40. The van der Waals surface area contributed by atoms with Crippen LogP contribution in [0.1, 0.15) is 18.4 Å².